The summed E-state index contributed by atoms with van der Waals surface area (Å²) in [7, 11) is -4.14. The van der Waals surface area contributed by atoms with Gasteiger partial charge in [0.15, 0.2) is 11.6 Å². The molecule has 0 saturated heterocycles. The third kappa shape index (κ3) is 2.53. The van der Waals surface area contributed by atoms with Crippen LogP contribution in [0.4, 0.5) is 14.5 Å². The van der Waals surface area contributed by atoms with E-state index in [1.54, 1.807) is 0 Å². The maximum absolute atomic E-state index is 13.7. The molecule has 1 aromatic rings. The number of anilines is 1. The van der Waals surface area contributed by atoms with E-state index in [9.17, 15) is 17.2 Å². The first-order chi connectivity index (χ1) is 9.41. The van der Waals surface area contributed by atoms with Crippen molar-refractivity contribution in [3.63, 3.8) is 0 Å². The molecule has 4 nitrogen and oxygen atoms in total. The van der Waals surface area contributed by atoms with Crippen molar-refractivity contribution in [2.45, 2.75) is 32.6 Å². The van der Waals surface area contributed by atoms with Crippen molar-refractivity contribution in [2.75, 3.05) is 12.3 Å². The van der Waals surface area contributed by atoms with E-state index in [0.717, 1.165) is 12.1 Å². The Morgan fingerprint density at radius 3 is 2.19 bits per heavy atom. The molecule has 0 radical (unpaired) electrons. The summed E-state index contributed by atoms with van der Waals surface area (Å²) in [6.07, 6.45) is 0. The minimum atomic E-state index is -4.14. The number of rotatable bonds is 4. The van der Waals surface area contributed by atoms with Gasteiger partial charge in [-0.1, -0.05) is 27.7 Å². The molecule has 1 aromatic carbocycles. The molecule has 0 aromatic heterocycles. The normalized spacial score (nSPS) is 20.5. The number of halogens is 2. The first-order valence-corrected chi connectivity index (χ1v) is 8.14. The Bertz CT molecular complexity index is 670. The van der Waals surface area contributed by atoms with Crippen molar-refractivity contribution < 1.29 is 17.2 Å². The van der Waals surface area contributed by atoms with Gasteiger partial charge in [0.25, 0.3) is 0 Å². The topological polar surface area (TPSA) is 72.2 Å². The molecule has 2 rings (SSSR count). The Morgan fingerprint density at radius 1 is 1.19 bits per heavy atom. The summed E-state index contributed by atoms with van der Waals surface area (Å²) in [5, 5.41) is 0. The van der Waals surface area contributed by atoms with Gasteiger partial charge in [-0.2, -0.15) is 0 Å². The molecular formula is C14H20F2N2O2S. The van der Waals surface area contributed by atoms with Gasteiger partial charge < -0.3 is 5.73 Å². The predicted molar refractivity (Wildman–Crippen MR) is 77.0 cm³/mol. The molecule has 3 N–H and O–H groups in total. The van der Waals surface area contributed by atoms with Crippen LogP contribution in [0.5, 0.6) is 0 Å². The molecule has 7 heteroatoms. The van der Waals surface area contributed by atoms with E-state index in [1.165, 1.54) is 0 Å². The van der Waals surface area contributed by atoms with Gasteiger partial charge in [-0.3, -0.25) is 0 Å². The lowest BCUT2D eigenvalue weighted by atomic mass is 10.0. The van der Waals surface area contributed by atoms with Crippen LogP contribution in [-0.2, 0) is 10.0 Å². The van der Waals surface area contributed by atoms with Crippen LogP contribution < -0.4 is 10.5 Å². The molecule has 1 saturated carbocycles. The average molecular weight is 318 g/mol. The molecule has 0 aliphatic heterocycles. The van der Waals surface area contributed by atoms with Gasteiger partial charge in [-0.25, -0.2) is 21.9 Å². The maximum Gasteiger partial charge on any atom is 0.243 e. The molecule has 1 aliphatic carbocycles. The largest absolute Gasteiger partial charge is 0.399 e. The van der Waals surface area contributed by atoms with E-state index >= 15 is 0 Å². The summed E-state index contributed by atoms with van der Waals surface area (Å²) in [5.74, 6) is -2.55. The van der Waals surface area contributed by atoms with Gasteiger partial charge in [0.05, 0.1) is 0 Å². The zero-order valence-corrected chi connectivity index (χ0v) is 13.3. The number of benzene rings is 1. The van der Waals surface area contributed by atoms with Gasteiger partial charge in [0, 0.05) is 12.2 Å². The minimum Gasteiger partial charge on any atom is -0.399 e. The summed E-state index contributed by atoms with van der Waals surface area (Å²) in [5.41, 5.74) is 5.23. The zero-order valence-electron chi connectivity index (χ0n) is 12.5. The van der Waals surface area contributed by atoms with Crippen molar-refractivity contribution in [3.8, 4) is 0 Å². The molecule has 118 valence electrons. The second-order valence-corrected chi connectivity index (χ2v) is 8.40. The monoisotopic (exact) mass is 318 g/mol. The SMILES string of the molecule is CC1(C)C(CNS(=O)(=O)c2cc(N)cc(F)c2F)C1(C)C. The van der Waals surface area contributed by atoms with E-state index in [2.05, 4.69) is 4.72 Å². The number of nitrogen functional groups attached to an aromatic ring is 1. The minimum absolute atomic E-state index is 0.00493. The van der Waals surface area contributed by atoms with Crippen LogP contribution in [0.15, 0.2) is 17.0 Å². The first-order valence-electron chi connectivity index (χ1n) is 6.65. The molecule has 1 fully saturated rings. The van der Waals surface area contributed by atoms with Crippen LogP contribution >= 0.6 is 0 Å². The van der Waals surface area contributed by atoms with Gasteiger partial charge in [0.2, 0.25) is 10.0 Å². The van der Waals surface area contributed by atoms with Crippen LogP contribution in [0.1, 0.15) is 27.7 Å². The highest BCUT2D eigenvalue weighted by molar-refractivity contribution is 7.89. The molecule has 21 heavy (non-hydrogen) atoms. The maximum atomic E-state index is 13.7. The smallest absolute Gasteiger partial charge is 0.243 e. The van der Waals surface area contributed by atoms with E-state index < -0.39 is 26.6 Å². The number of hydrogen-bond donors (Lipinski definition) is 2. The lowest BCUT2D eigenvalue weighted by Gasteiger charge is -2.10. The summed E-state index contributed by atoms with van der Waals surface area (Å²) >= 11 is 0. The number of sulfonamides is 1. The van der Waals surface area contributed by atoms with Gasteiger partial charge in [-0.15, -0.1) is 0 Å². The molecule has 0 amide bonds. The Kier molecular flexibility index (Phi) is 3.57. The van der Waals surface area contributed by atoms with Crippen molar-refractivity contribution in [3.05, 3.63) is 23.8 Å². The van der Waals surface area contributed by atoms with Crippen LogP contribution in [-0.4, -0.2) is 15.0 Å². The highest BCUT2D eigenvalue weighted by Gasteiger charge is 2.64. The highest BCUT2D eigenvalue weighted by atomic mass is 32.2. The van der Waals surface area contributed by atoms with E-state index in [1.807, 2.05) is 27.7 Å². The molecule has 0 spiro atoms. The quantitative estimate of drug-likeness (QED) is 0.838. The highest BCUT2D eigenvalue weighted by Crippen LogP contribution is 2.67. The van der Waals surface area contributed by atoms with Crippen LogP contribution in [0.3, 0.4) is 0 Å². The Morgan fingerprint density at radius 2 is 1.71 bits per heavy atom. The Labute approximate surface area is 123 Å². The Hall–Kier alpha value is -1.21. The van der Waals surface area contributed by atoms with Crippen molar-refractivity contribution in [1.82, 2.24) is 4.72 Å². The second kappa shape index (κ2) is 4.64. The van der Waals surface area contributed by atoms with Crippen molar-refractivity contribution in [1.29, 1.82) is 0 Å². The third-order valence-corrected chi connectivity index (χ3v) is 6.53. The molecule has 0 unspecified atom stereocenters. The summed E-state index contributed by atoms with van der Waals surface area (Å²) < 4.78 is 53.6. The molecule has 0 atom stereocenters. The Balaban J connectivity index is 2.22. The zero-order chi connectivity index (χ0) is 16.2. The molecule has 0 bridgehead atoms. The predicted octanol–water partition coefficient (Wildman–Crippen LogP) is 2.51. The standard InChI is InChI=1S/C14H20F2N2O2S/c1-13(2)11(14(13,3)4)7-18-21(19,20)10-6-8(17)5-9(15)12(10)16/h5-6,11,18H,7,17H2,1-4H3. The lowest BCUT2D eigenvalue weighted by molar-refractivity contribution is 0.457. The first kappa shape index (κ1) is 16.2. The average Bonchev–Trinajstić information content (AvgIpc) is 2.71. The number of nitrogens with one attached hydrogen (secondary N) is 1. The van der Waals surface area contributed by atoms with E-state index in [-0.39, 0.29) is 29.0 Å². The fraction of sp³-hybridized carbons (Fsp3) is 0.571. The fourth-order valence-electron chi connectivity index (χ4n) is 2.89. The summed E-state index contributed by atoms with van der Waals surface area (Å²) in [4.78, 5) is -0.753. The van der Waals surface area contributed by atoms with Crippen LogP contribution in [0.25, 0.3) is 0 Å². The summed E-state index contributed by atoms with van der Waals surface area (Å²) in [6, 6.07) is 1.67. The lowest BCUT2D eigenvalue weighted by Crippen LogP contribution is -2.28. The van der Waals surface area contributed by atoms with Gasteiger partial charge >= 0.3 is 0 Å². The van der Waals surface area contributed by atoms with Crippen LogP contribution in [0, 0.1) is 28.4 Å². The summed E-state index contributed by atoms with van der Waals surface area (Å²) in [6.45, 7) is 8.37. The van der Waals surface area contributed by atoms with Gasteiger partial charge in [-0.05, 0) is 28.9 Å². The molecule has 0 heterocycles. The van der Waals surface area contributed by atoms with Crippen LogP contribution in [0.2, 0.25) is 0 Å². The second-order valence-electron chi connectivity index (χ2n) is 6.66. The van der Waals surface area contributed by atoms with Crippen molar-refractivity contribution in [2.24, 2.45) is 16.7 Å². The molecular weight excluding hydrogens is 298 g/mol. The van der Waals surface area contributed by atoms with E-state index in [0.29, 0.717) is 0 Å². The molecule has 1 aliphatic rings. The fourth-order valence-corrected chi connectivity index (χ4v) is 4.06. The van der Waals surface area contributed by atoms with Crippen molar-refractivity contribution >= 4 is 15.7 Å². The third-order valence-electron chi connectivity index (χ3n) is 5.10. The number of hydrogen-bond acceptors (Lipinski definition) is 3. The van der Waals surface area contributed by atoms with E-state index in [4.69, 9.17) is 5.73 Å². The van der Waals surface area contributed by atoms with Gasteiger partial charge in [0.1, 0.15) is 4.90 Å². The number of nitrogens with two attached hydrogens (primary N) is 1.